The Balaban J connectivity index is 1.81. The highest BCUT2D eigenvalue weighted by atomic mass is 32.2. The highest BCUT2D eigenvalue weighted by Gasteiger charge is 2.61. The highest BCUT2D eigenvalue weighted by molar-refractivity contribution is 7.95. The van der Waals surface area contributed by atoms with Gasteiger partial charge >= 0.3 is 12.1 Å². The Bertz CT molecular complexity index is 469. The zero-order valence-electron chi connectivity index (χ0n) is 13.4. The molecule has 0 aliphatic heterocycles. The van der Waals surface area contributed by atoms with Crippen molar-refractivity contribution in [2.75, 3.05) is 0 Å². The number of halogens is 4. The fourth-order valence-corrected chi connectivity index (χ4v) is 5.70. The van der Waals surface area contributed by atoms with Crippen molar-refractivity contribution in [1.82, 2.24) is 0 Å². The Morgan fingerprint density at radius 1 is 1.17 bits per heavy atom. The number of hydrogen-bond donors (Lipinski definition) is 1. The first-order valence-corrected chi connectivity index (χ1v) is 9.18. The molecule has 4 aliphatic rings. The molecule has 4 rings (SSSR count). The Kier molecular flexibility index (Phi) is 4.60. The second kappa shape index (κ2) is 6.04. The van der Waals surface area contributed by atoms with E-state index >= 15 is 0 Å². The zero-order valence-corrected chi connectivity index (χ0v) is 14.3. The van der Waals surface area contributed by atoms with E-state index in [4.69, 9.17) is 9.29 Å². The maximum absolute atomic E-state index is 14.5. The van der Waals surface area contributed by atoms with Gasteiger partial charge in [-0.1, -0.05) is 6.92 Å². The van der Waals surface area contributed by atoms with Gasteiger partial charge in [-0.25, -0.2) is 4.39 Å². The molecule has 2 unspecified atom stereocenters. The van der Waals surface area contributed by atoms with Crippen LogP contribution in [-0.2, 0) is 9.53 Å². The molecule has 0 radical (unpaired) electrons. The lowest BCUT2D eigenvalue weighted by molar-refractivity contribution is -0.249. The lowest BCUT2D eigenvalue weighted by Gasteiger charge is -2.55. The second-order valence-corrected chi connectivity index (χ2v) is 8.62. The number of alkyl halides is 4. The zero-order chi connectivity index (χ0) is 17.8. The van der Waals surface area contributed by atoms with Crippen LogP contribution in [0.5, 0.6) is 0 Å². The summed E-state index contributed by atoms with van der Waals surface area (Å²) in [6.07, 6.45) is -3.92. The van der Waals surface area contributed by atoms with E-state index in [1.54, 1.807) is 0 Å². The average Bonchev–Trinajstić information content (AvgIpc) is 2.49. The molecule has 0 spiro atoms. The molecular weight excluding hydrogens is 348 g/mol. The number of esters is 1. The summed E-state index contributed by atoms with van der Waals surface area (Å²) in [5, 5.41) is -3.09. The number of hydrogen-bond acceptors (Lipinski definition) is 4. The Labute approximate surface area is 142 Å². The van der Waals surface area contributed by atoms with Crippen molar-refractivity contribution in [3.8, 4) is 0 Å². The van der Waals surface area contributed by atoms with E-state index in [9.17, 15) is 22.4 Å². The van der Waals surface area contributed by atoms with Crippen molar-refractivity contribution in [3.05, 3.63) is 0 Å². The molecular formula is C16H22F4O3S. The second-order valence-electron chi connectivity index (χ2n) is 7.76. The molecule has 4 fully saturated rings. The van der Waals surface area contributed by atoms with Crippen molar-refractivity contribution >= 4 is 18.0 Å². The van der Waals surface area contributed by atoms with Crippen molar-refractivity contribution in [2.24, 2.45) is 23.2 Å². The van der Waals surface area contributed by atoms with Gasteiger partial charge in [0.1, 0.15) is 0 Å². The van der Waals surface area contributed by atoms with E-state index in [1.165, 1.54) is 6.92 Å². The van der Waals surface area contributed by atoms with Crippen LogP contribution in [0.25, 0.3) is 0 Å². The minimum atomic E-state index is -5.07. The van der Waals surface area contributed by atoms with E-state index in [-0.39, 0.29) is 0 Å². The maximum Gasteiger partial charge on any atom is 0.429 e. The van der Waals surface area contributed by atoms with Crippen LogP contribution >= 0.6 is 12.0 Å². The molecule has 8 heteroatoms. The molecule has 138 valence electrons. The lowest BCUT2D eigenvalue weighted by Crippen LogP contribution is -2.55. The third-order valence-corrected chi connectivity index (χ3v) is 6.83. The molecule has 1 N–H and O–H groups in total. The summed E-state index contributed by atoms with van der Waals surface area (Å²) < 4.78 is 68.0. The van der Waals surface area contributed by atoms with Crippen molar-refractivity contribution in [3.63, 3.8) is 0 Å². The Hall–Kier alpha value is -0.500. The molecule has 0 saturated heterocycles. The smallest absolute Gasteiger partial charge is 0.429 e. The van der Waals surface area contributed by atoms with Gasteiger partial charge in [0.25, 0.3) is 0 Å². The molecule has 3 nitrogen and oxygen atoms in total. The van der Waals surface area contributed by atoms with Gasteiger partial charge in [0.15, 0.2) is 0 Å². The van der Waals surface area contributed by atoms with Gasteiger partial charge in [-0.15, -0.1) is 0 Å². The number of rotatable bonds is 5. The first kappa shape index (κ1) is 18.3. The van der Waals surface area contributed by atoms with Crippen LogP contribution < -0.4 is 0 Å². The van der Waals surface area contributed by atoms with E-state index in [0.29, 0.717) is 37.0 Å². The minimum Gasteiger partial charge on any atom is -0.448 e. The lowest BCUT2D eigenvalue weighted by atomic mass is 9.49. The third-order valence-electron chi connectivity index (χ3n) is 6.02. The van der Waals surface area contributed by atoms with Crippen LogP contribution in [0.1, 0.15) is 51.9 Å². The first-order valence-electron chi connectivity index (χ1n) is 8.41. The SMILES string of the molecule is CCC(F)(SO)C(OC(=O)C12CC3CC(CC(C3)C1)C2)C(F)(F)F. The topological polar surface area (TPSA) is 46.5 Å². The van der Waals surface area contributed by atoms with E-state index in [1.807, 2.05) is 0 Å². The largest absolute Gasteiger partial charge is 0.448 e. The van der Waals surface area contributed by atoms with Crippen LogP contribution in [0.3, 0.4) is 0 Å². The van der Waals surface area contributed by atoms with Crippen LogP contribution in [0, 0.1) is 23.2 Å². The molecule has 0 aromatic carbocycles. The summed E-state index contributed by atoms with van der Waals surface area (Å²) in [6, 6.07) is 0. The third kappa shape index (κ3) is 3.04. The van der Waals surface area contributed by atoms with Gasteiger partial charge in [0, 0.05) is 12.0 Å². The van der Waals surface area contributed by atoms with Crippen LogP contribution in [0.15, 0.2) is 0 Å². The van der Waals surface area contributed by atoms with Crippen molar-refractivity contribution in [2.45, 2.75) is 69.2 Å². The fourth-order valence-electron chi connectivity index (χ4n) is 5.29. The molecule has 4 aliphatic carbocycles. The molecule has 0 amide bonds. The molecule has 4 saturated carbocycles. The standard InChI is InChI=1S/C16H22F4O3S/c1-2-15(17,24-22)12(16(18,19)20)23-13(21)14-6-9-3-10(7-14)5-11(4-9)8-14/h9-12,22H,2-8H2,1H3. The molecule has 0 aromatic rings. The maximum atomic E-state index is 14.5. The van der Waals surface area contributed by atoms with E-state index in [0.717, 1.165) is 19.3 Å². The normalized spacial score (nSPS) is 38.7. The van der Waals surface area contributed by atoms with Gasteiger partial charge < -0.3 is 9.29 Å². The highest BCUT2D eigenvalue weighted by Crippen LogP contribution is 2.60. The van der Waals surface area contributed by atoms with E-state index in [2.05, 4.69) is 0 Å². The van der Waals surface area contributed by atoms with Gasteiger partial charge in [-0.05, 0) is 62.7 Å². The Morgan fingerprint density at radius 3 is 1.96 bits per heavy atom. The van der Waals surface area contributed by atoms with Gasteiger partial charge in [-0.3, -0.25) is 4.79 Å². The molecule has 0 aromatic heterocycles. The van der Waals surface area contributed by atoms with Crippen LogP contribution in [-0.4, -0.2) is 27.8 Å². The molecule has 2 atom stereocenters. The summed E-state index contributed by atoms with van der Waals surface area (Å²) in [5.74, 6) is 0.151. The monoisotopic (exact) mass is 370 g/mol. The summed E-state index contributed by atoms with van der Waals surface area (Å²) >= 11 is -0.538. The van der Waals surface area contributed by atoms with Crippen molar-refractivity contribution in [1.29, 1.82) is 0 Å². The Morgan fingerprint density at radius 2 is 1.62 bits per heavy atom. The number of ether oxygens (including phenoxy) is 1. The van der Waals surface area contributed by atoms with Gasteiger partial charge in [-0.2, -0.15) is 13.2 Å². The fraction of sp³-hybridized carbons (Fsp3) is 0.938. The molecule has 0 heterocycles. The summed E-state index contributed by atoms with van der Waals surface area (Å²) in [7, 11) is 0. The summed E-state index contributed by atoms with van der Waals surface area (Å²) in [4.78, 5) is 12.7. The molecule has 4 bridgehead atoms. The summed E-state index contributed by atoms with van der Waals surface area (Å²) in [5.41, 5.74) is -0.896. The predicted octanol–water partition coefficient (Wildman–Crippen LogP) is 4.96. The van der Waals surface area contributed by atoms with Gasteiger partial charge in [0.05, 0.1) is 5.41 Å². The predicted molar refractivity (Wildman–Crippen MR) is 80.9 cm³/mol. The minimum absolute atomic E-state index is 0.363. The number of carbonyl (C=O) groups excluding carboxylic acids is 1. The van der Waals surface area contributed by atoms with Crippen LogP contribution in [0.2, 0.25) is 0 Å². The van der Waals surface area contributed by atoms with E-state index < -0.39 is 47.1 Å². The quantitative estimate of drug-likeness (QED) is 0.422. The average molecular weight is 370 g/mol. The van der Waals surface area contributed by atoms with Crippen molar-refractivity contribution < 1.29 is 31.6 Å². The first-order chi connectivity index (χ1) is 11.1. The van der Waals surface area contributed by atoms with Gasteiger partial charge in [0.2, 0.25) is 11.1 Å². The molecule has 24 heavy (non-hydrogen) atoms. The number of carbonyl (C=O) groups is 1. The summed E-state index contributed by atoms with van der Waals surface area (Å²) in [6.45, 7) is 1.18. The van der Waals surface area contributed by atoms with Crippen LogP contribution in [0.4, 0.5) is 17.6 Å².